The number of piperazine rings is 1. The molecule has 25 heavy (non-hydrogen) atoms. The van der Waals surface area contributed by atoms with Crippen LogP contribution in [0.4, 0.5) is 4.39 Å². The van der Waals surface area contributed by atoms with Gasteiger partial charge in [0.15, 0.2) is 5.82 Å². The first kappa shape index (κ1) is 15.7. The van der Waals surface area contributed by atoms with Gasteiger partial charge >= 0.3 is 11.8 Å². The standard InChI is InChI=1S/C16H17FN6O2/c17-11-16(4-5-16)22-8-7-21(14(24)15(22)25)9-12-10-23(20-19-12)13-3-1-2-6-18-13/h1-3,6,10H,4-5,7-9,11H2. The molecule has 2 aromatic rings. The molecule has 1 aliphatic heterocycles. The minimum atomic E-state index is -0.735. The lowest BCUT2D eigenvalue weighted by Gasteiger charge is -2.37. The molecule has 0 atom stereocenters. The SMILES string of the molecule is O=C1C(=O)N(C2(CF)CC2)CCN1Cc1cn(-c2ccccn2)nn1. The third kappa shape index (κ3) is 2.75. The van der Waals surface area contributed by atoms with Crippen molar-refractivity contribution in [2.75, 3.05) is 19.8 Å². The molecule has 0 aromatic carbocycles. The van der Waals surface area contributed by atoms with Crippen LogP contribution < -0.4 is 0 Å². The molecule has 130 valence electrons. The Bertz CT molecular complexity index is 804. The average molecular weight is 344 g/mol. The Balaban J connectivity index is 1.45. The topological polar surface area (TPSA) is 84.2 Å². The summed E-state index contributed by atoms with van der Waals surface area (Å²) in [5, 5.41) is 8.03. The van der Waals surface area contributed by atoms with Crippen LogP contribution in [0.2, 0.25) is 0 Å². The van der Waals surface area contributed by atoms with Gasteiger partial charge in [0.2, 0.25) is 0 Å². The summed E-state index contributed by atoms with van der Waals surface area (Å²) in [5.74, 6) is -0.621. The van der Waals surface area contributed by atoms with E-state index in [-0.39, 0.29) is 6.54 Å². The summed E-state index contributed by atoms with van der Waals surface area (Å²) in [4.78, 5) is 31.7. The Morgan fingerprint density at radius 2 is 2.00 bits per heavy atom. The second kappa shape index (κ2) is 5.91. The minimum absolute atomic E-state index is 0.188. The average Bonchev–Trinajstić information content (AvgIpc) is 3.30. The predicted molar refractivity (Wildman–Crippen MR) is 84.2 cm³/mol. The molecular weight excluding hydrogens is 327 g/mol. The number of rotatable bonds is 5. The highest BCUT2D eigenvalue weighted by Gasteiger charge is 2.53. The van der Waals surface area contributed by atoms with Crippen molar-refractivity contribution in [2.24, 2.45) is 0 Å². The number of carbonyl (C=O) groups is 2. The van der Waals surface area contributed by atoms with Gasteiger partial charge < -0.3 is 9.80 Å². The van der Waals surface area contributed by atoms with Crippen LogP contribution >= 0.6 is 0 Å². The number of hydrogen-bond donors (Lipinski definition) is 0. The van der Waals surface area contributed by atoms with Crippen LogP contribution in [0.3, 0.4) is 0 Å². The van der Waals surface area contributed by atoms with Crippen LogP contribution in [0.15, 0.2) is 30.6 Å². The Hall–Kier alpha value is -2.84. The maximum absolute atomic E-state index is 13.2. The quantitative estimate of drug-likeness (QED) is 0.730. The highest BCUT2D eigenvalue weighted by molar-refractivity contribution is 6.35. The third-order valence-corrected chi connectivity index (χ3v) is 4.74. The van der Waals surface area contributed by atoms with Crippen molar-refractivity contribution in [1.29, 1.82) is 0 Å². The fourth-order valence-corrected chi connectivity index (χ4v) is 3.07. The van der Waals surface area contributed by atoms with E-state index in [9.17, 15) is 14.0 Å². The summed E-state index contributed by atoms with van der Waals surface area (Å²) in [7, 11) is 0. The first-order valence-electron chi connectivity index (χ1n) is 8.12. The summed E-state index contributed by atoms with van der Waals surface area (Å²) in [6, 6.07) is 5.43. The van der Waals surface area contributed by atoms with Crippen LogP contribution in [0, 0.1) is 0 Å². The molecule has 0 unspecified atom stereocenters. The van der Waals surface area contributed by atoms with Crippen molar-refractivity contribution in [3.63, 3.8) is 0 Å². The van der Waals surface area contributed by atoms with E-state index in [0.29, 0.717) is 37.4 Å². The van der Waals surface area contributed by atoms with E-state index in [1.54, 1.807) is 24.5 Å². The highest BCUT2D eigenvalue weighted by Crippen LogP contribution is 2.42. The Morgan fingerprint density at radius 3 is 2.68 bits per heavy atom. The summed E-state index contributed by atoms with van der Waals surface area (Å²) >= 11 is 0. The normalized spacial score (nSPS) is 19.4. The van der Waals surface area contributed by atoms with Crippen molar-refractivity contribution in [2.45, 2.75) is 24.9 Å². The minimum Gasteiger partial charge on any atom is -0.327 e. The molecule has 1 saturated heterocycles. The number of aromatic nitrogens is 4. The van der Waals surface area contributed by atoms with Crippen molar-refractivity contribution in [1.82, 2.24) is 29.8 Å². The molecular formula is C16H17FN6O2. The van der Waals surface area contributed by atoms with Gasteiger partial charge in [-0.25, -0.2) is 14.1 Å². The van der Waals surface area contributed by atoms with Gasteiger partial charge in [-0.15, -0.1) is 5.10 Å². The van der Waals surface area contributed by atoms with E-state index < -0.39 is 24.0 Å². The third-order valence-electron chi connectivity index (χ3n) is 4.74. The van der Waals surface area contributed by atoms with Crippen molar-refractivity contribution in [3.05, 3.63) is 36.3 Å². The van der Waals surface area contributed by atoms with Gasteiger partial charge in [0, 0.05) is 19.3 Å². The molecule has 0 bridgehead atoms. The van der Waals surface area contributed by atoms with Gasteiger partial charge in [-0.3, -0.25) is 9.59 Å². The van der Waals surface area contributed by atoms with Crippen LogP contribution in [0.5, 0.6) is 0 Å². The molecule has 2 aliphatic rings. The molecule has 2 amide bonds. The Labute approximate surface area is 143 Å². The smallest absolute Gasteiger partial charge is 0.312 e. The van der Waals surface area contributed by atoms with Crippen LogP contribution in [-0.4, -0.2) is 66.9 Å². The molecule has 8 nitrogen and oxygen atoms in total. The summed E-state index contributed by atoms with van der Waals surface area (Å²) in [5.41, 5.74) is -0.173. The molecule has 4 rings (SSSR count). The zero-order valence-corrected chi connectivity index (χ0v) is 13.5. The van der Waals surface area contributed by atoms with E-state index in [4.69, 9.17) is 0 Å². The summed E-state index contributed by atoms with van der Waals surface area (Å²) in [6.07, 6.45) is 4.58. The molecule has 0 spiro atoms. The largest absolute Gasteiger partial charge is 0.327 e. The first-order valence-corrected chi connectivity index (χ1v) is 8.12. The molecule has 1 saturated carbocycles. The molecule has 2 fully saturated rings. The number of nitrogens with zero attached hydrogens (tertiary/aromatic N) is 6. The number of halogens is 1. The van der Waals surface area contributed by atoms with E-state index in [0.717, 1.165) is 0 Å². The number of alkyl halides is 1. The molecule has 2 aromatic heterocycles. The van der Waals surface area contributed by atoms with E-state index in [1.807, 2.05) is 6.07 Å². The van der Waals surface area contributed by atoms with Gasteiger partial charge in [-0.05, 0) is 25.0 Å². The molecule has 3 heterocycles. The van der Waals surface area contributed by atoms with Gasteiger partial charge in [-0.1, -0.05) is 11.3 Å². The first-order chi connectivity index (χ1) is 12.1. The van der Waals surface area contributed by atoms with Crippen molar-refractivity contribution < 1.29 is 14.0 Å². The lowest BCUT2D eigenvalue weighted by atomic mass is 10.2. The fourth-order valence-electron chi connectivity index (χ4n) is 3.07. The van der Waals surface area contributed by atoms with E-state index in [1.165, 1.54) is 14.5 Å². The lowest BCUT2D eigenvalue weighted by Crippen LogP contribution is -2.58. The molecule has 1 aliphatic carbocycles. The van der Waals surface area contributed by atoms with Gasteiger partial charge in [0.05, 0.1) is 18.3 Å². The summed E-state index contributed by atoms with van der Waals surface area (Å²) < 4.78 is 14.7. The zero-order chi connectivity index (χ0) is 17.4. The van der Waals surface area contributed by atoms with Crippen LogP contribution in [-0.2, 0) is 16.1 Å². The summed E-state index contributed by atoms with van der Waals surface area (Å²) in [6.45, 7) is 0.309. The second-order valence-electron chi connectivity index (χ2n) is 6.38. The zero-order valence-electron chi connectivity index (χ0n) is 13.5. The maximum atomic E-state index is 13.2. The Kier molecular flexibility index (Phi) is 3.70. The second-order valence-corrected chi connectivity index (χ2v) is 6.38. The molecule has 0 N–H and O–H groups in total. The molecule has 9 heteroatoms. The number of carbonyl (C=O) groups excluding carboxylic acids is 2. The van der Waals surface area contributed by atoms with Crippen molar-refractivity contribution in [3.8, 4) is 5.82 Å². The van der Waals surface area contributed by atoms with Gasteiger partial charge in [-0.2, -0.15) is 0 Å². The van der Waals surface area contributed by atoms with Gasteiger partial charge in [0.1, 0.15) is 12.4 Å². The number of hydrogen-bond acceptors (Lipinski definition) is 5. The van der Waals surface area contributed by atoms with Gasteiger partial charge in [0.25, 0.3) is 0 Å². The fraction of sp³-hybridized carbons (Fsp3) is 0.438. The highest BCUT2D eigenvalue weighted by atomic mass is 19.1. The van der Waals surface area contributed by atoms with Crippen LogP contribution in [0.25, 0.3) is 5.82 Å². The van der Waals surface area contributed by atoms with Crippen molar-refractivity contribution >= 4 is 11.8 Å². The monoisotopic (exact) mass is 344 g/mol. The maximum Gasteiger partial charge on any atom is 0.312 e. The molecule has 0 radical (unpaired) electrons. The lowest BCUT2D eigenvalue weighted by molar-refractivity contribution is -0.159. The van der Waals surface area contributed by atoms with E-state index >= 15 is 0 Å². The van der Waals surface area contributed by atoms with E-state index in [2.05, 4.69) is 15.3 Å². The number of pyridine rings is 1. The number of amides is 2. The van der Waals surface area contributed by atoms with Crippen LogP contribution in [0.1, 0.15) is 18.5 Å². The Morgan fingerprint density at radius 1 is 1.16 bits per heavy atom. The predicted octanol–water partition coefficient (Wildman–Crippen LogP) is 0.335.